The number of hydrogen-bond donors (Lipinski definition) is 4. The molecule has 15 aromatic rings. The highest BCUT2D eigenvalue weighted by Gasteiger charge is 2.22. The van der Waals surface area contributed by atoms with Gasteiger partial charge in [-0.3, -0.25) is 0 Å². The number of fused-ring (bicyclic) bond motifs is 20. The number of nitrogens with zero attached hydrogens (tertiary/aromatic N) is 4. The molecule has 19 rings (SSSR count). The average molecular weight is 1240 g/mol. The van der Waals surface area contributed by atoms with Gasteiger partial charge in [0.15, 0.2) is 0 Å². The normalized spacial score (nSPS) is 12.3. The Morgan fingerprint density at radius 3 is 0.840 bits per heavy atom. The van der Waals surface area contributed by atoms with Crippen molar-refractivity contribution in [3.8, 4) is 66.8 Å². The largest absolute Gasteiger partial charge is 0.354 e. The van der Waals surface area contributed by atoms with Crippen molar-refractivity contribution in [3.05, 3.63) is 299 Å². The van der Waals surface area contributed by atoms with Crippen molar-refractivity contribution in [1.29, 1.82) is 0 Å². The smallest absolute Gasteiger partial charge is 0.0745 e. The molecule has 0 unspecified atom stereocenters. The van der Waals surface area contributed by atoms with Crippen molar-refractivity contribution in [2.24, 2.45) is 0 Å². The summed E-state index contributed by atoms with van der Waals surface area (Å²) < 4.78 is 4.33. The van der Waals surface area contributed by atoms with Crippen LogP contribution >= 0.6 is 22.7 Å². The van der Waals surface area contributed by atoms with Crippen molar-refractivity contribution in [1.82, 2.24) is 39.9 Å². The van der Waals surface area contributed by atoms with Crippen LogP contribution in [0.1, 0.15) is 33.9 Å². The van der Waals surface area contributed by atoms with Crippen LogP contribution in [0.5, 0.6) is 0 Å². The SMILES string of the molecule is C1=Cc2nc1c(-c1ccccc1)c1ccc([nH]1)c(-c1ccccc1)c1nc3cc4[nH]c(cc4c4ccc(s4)c4c5cc6[nH]c(cc6c6ccc(s6)c3C=1)c(-c1ccccc1)c1nc(c(-c3ccccc3)c3ccc([nH]3)c(-c3ccccc3)c(n5)=C4)C=C1)c2-c1ccccc1. The Bertz CT molecular complexity index is 5930. The molecule has 20 bridgehead atoms. The molecule has 9 aromatic heterocycles. The summed E-state index contributed by atoms with van der Waals surface area (Å²) in [7, 11) is 0. The fourth-order valence-corrected chi connectivity index (χ4v) is 16.2. The number of aromatic nitrogens is 8. The topological polar surface area (TPSA) is 115 Å². The maximum Gasteiger partial charge on any atom is 0.0745 e. The molecule has 0 saturated heterocycles. The second kappa shape index (κ2) is 21.8. The third-order valence-corrected chi connectivity index (χ3v) is 20.6. The molecule has 0 amide bonds. The van der Waals surface area contributed by atoms with Gasteiger partial charge in [-0.05, 0) is 143 Å². The molecule has 0 spiro atoms. The molecule has 4 N–H and O–H groups in total. The fourth-order valence-electron chi connectivity index (χ4n) is 14.0. The fraction of sp³-hybridized carbons (Fsp3) is 0. The molecule has 8 nitrogen and oxygen atoms in total. The predicted octanol–water partition coefficient (Wildman–Crippen LogP) is 20.8. The van der Waals surface area contributed by atoms with Gasteiger partial charge in [-0.1, -0.05) is 182 Å². The van der Waals surface area contributed by atoms with Gasteiger partial charge >= 0.3 is 0 Å². The summed E-state index contributed by atoms with van der Waals surface area (Å²) in [4.78, 5) is 38.9. The average Bonchev–Trinajstić information content (AvgIpc) is 1.62. The minimum atomic E-state index is 0.844. The zero-order valence-electron chi connectivity index (χ0n) is 50.3. The Hall–Kier alpha value is -12.1. The van der Waals surface area contributed by atoms with E-state index >= 15 is 0 Å². The molecule has 0 aliphatic carbocycles. The van der Waals surface area contributed by atoms with E-state index in [1.807, 2.05) is 0 Å². The summed E-state index contributed by atoms with van der Waals surface area (Å²) in [5.74, 6) is 0. The lowest BCUT2D eigenvalue weighted by atomic mass is 10.0. The first-order valence-corrected chi connectivity index (χ1v) is 33.1. The van der Waals surface area contributed by atoms with Crippen LogP contribution in [-0.2, 0) is 0 Å². The molecule has 440 valence electrons. The van der Waals surface area contributed by atoms with E-state index in [1.165, 1.54) is 0 Å². The van der Waals surface area contributed by atoms with Crippen LogP contribution in [-0.4, -0.2) is 39.9 Å². The van der Waals surface area contributed by atoms with Crippen molar-refractivity contribution >= 4 is 144 Å². The highest BCUT2D eigenvalue weighted by molar-refractivity contribution is 7.25. The van der Waals surface area contributed by atoms with Crippen LogP contribution in [0.2, 0.25) is 0 Å². The number of rotatable bonds is 6. The van der Waals surface area contributed by atoms with Crippen molar-refractivity contribution in [2.75, 3.05) is 0 Å². The minimum absolute atomic E-state index is 0.844. The summed E-state index contributed by atoms with van der Waals surface area (Å²) in [5.41, 5.74) is 27.0. The summed E-state index contributed by atoms with van der Waals surface area (Å²) in [6.07, 6.45) is 13.3. The van der Waals surface area contributed by atoms with E-state index in [1.54, 1.807) is 22.7 Å². The molecule has 94 heavy (non-hydrogen) atoms. The molecule has 4 aliphatic heterocycles. The van der Waals surface area contributed by atoms with E-state index in [2.05, 4.69) is 311 Å². The molecule has 4 aliphatic rings. The Kier molecular flexibility index (Phi) is 12.5. The van der Waals surface area contributed by atoms with E-state index in [-0.39, 0.29) is 0 Å². The standard InChI is InChI=1S/C84H52N8S2/c1-7-19-49(20-8-1)79-59-31-35-63(85-59)81(51-23-11-3-12-24-51)71-43-55-67(89-71)47-68-56(44-72(90-68)82(52-25-13-4-14-26-52)64-36-32-60(79)86-64)76-40-42-78(94-76)58-46-74-84(54-29-17-6-18-30-54)66-38-34-62(88-66)80(50-21-9-2-10-22-50)61-33-37-65(87-61)83(53-27-15-5-16-28-53)73-45-57(77-41-39-75(55)93-77)69(91-73)48-70(58)92-74/h1-48,85,88,90-91H. The van der Waals surface area contributed by atoms with Crippen LogP contribution in [0.4, 0.5) is 0 Å². The minimum Gasteiger partial charge on any atom is -0.354 e. The Balaban J connectivity index is 1.02. The van der Waals surface area contributed by atoms with Crippen molar-refractivity contribution in [2.45, 2.75) is 0 Å². The molecular weight excluding hydrogens is 1190 g/mol. The molecule has 0 atom stereocenters. The van der Waals surface area contributed by atoms with E-state index in [9.17, 15) is 0 Å². The number of hydrogen-bond acceptors (Lipinski definition) is 6. The molecular formula is C84H52N8S2. The van der Waals surface area contributed by atoms with Gasteiger partial charge in [0.25, 0.3) is 0 Å². The lowest BCUT2D eigenvalue weighted by Gasteiger charge is -2.05. The quantitative estimate of drug-likeness (QED) is 0.133. The van der Waals surface area contributed by atoms with Crippen LogP contribution in [0.25, 0.3) is 188 Å². The molecule has 6 aromatic carbocycles. The van der Waals surface area contributed by atoms with Crippen molar-refractivity contribution < 1.29 is 0 Å². The van der Waals surface area contributed by atoms with E-state index in [4.69, 9.17) is 19.9 Å². The predicted molar refractivity (Wildman–Crippen MR) is 396 cm³/mol. The maximum atomic E-state index is 5.81. The van der Waals surface area contributed by atoms with E-state index < -0.39 is 0 Å². The first-order chi connectivity index (χ1) is 46.5. The summed E-state index contributed by atoms with van der Waals surface area (Å²) in [6, 6.07) is 90.9. The van der Waals surface area contributed by atoms with Crippen LogP contribution < -0.4 is 10.7 Å². The van der Waals surface area contributed by atoms with Gasteiger partial charge < -0.3 is 19.9 Å². The first kappa shape index (κ1) is 53.7. The van der Waals surface area contributed by atoms with Gasteiger partial charge in [0.05, 0.1) is 44.5 Å². The summed E-state index contributed by atoms with van der Waals surface area (Å²) >= 11 is 3.53. The molecule has 0 radical (unpaired) electrons. The van der Waals surface area contributed by atoms with Crippen LogP contribution in [0.15, 0.2) is 255 Å². The van der Waals surface area contributed by atoms with Gasteiger partial charge in [0.1, 0.15) is 0 Å². The Morgan fingerprint density at radius 2 is 0.511 bits per heavy atom. The number of H-pyrrole nitrogens is 4. The van der Waals surface area contributed by atoms with E-state index in [0.29, 0.717) is 0 Å². The van der Waals surface area contributed by atoms with Crippen LogP contribution in [0, 0.1) is 0 Å². The third kappa shape index (κ3) is 9.10. The van der Waals surface area contributed by atoms with Gasteiger partial charge in [-0.25, -0.2) is 19.9 Å². The van der Waals surface area contributed by atoms with Crippen molar-refractivity contribution in [3.63, 3.8) is 0 Å². The Morgan fingerprint density at radius 1 is 0.234 bits per heavy atom. The summed E-state index contributed by atoms with van der Waals surface area (Å²) in [5, 5.41) is 3.79. The summed E-state index contributed by atoms with van der Waals surface area (Å²) in [6.45, 7) is 0. The Labute approximate surface area is 546 Å². The molecule has 0 fully saturated rings. The molecule has 13 heterocycles. The second-order valence-electron chi connectivity index (χ2n) is 24.0. The maximum absolute atomic E-state index is 5.81. The van der Waals surface area contributed by atoms with Gasteiger partial charge in [-0.2, -0.15) is 0 Å². The lowest BCUT2D eigenvalue weighted by molar-refractivity contribution is 1.32. The number of aromatic amines is 4. The highest BCUT2D eigenvalue weighted by atomic mass is 32.1. The number of benzene rings is 6. The zero-order chi connectivity index (χ0) is 61.8. The zero-order valence-corrected chi connectivity index (χ0v) is 52.0. The van der Waals surface area contributed by atoms with Gasteiger partial charge in [0, 0.05) is 118 Å². The molecule has 10 heteroatoms. The monoisotopic (exact) mass is 1240 g/mol. The van der Waals surface area contributed by atoms with Gasteiger partial charge in [0.2, 0.25) is 0 Å². The lowest BCUT2D eigenvalue weighted by Crippen LogP contribution is -2.05. The first-order valence-electron chi connectivity index (χ1n) is 31.5. The van der Waals surface area contributed by atoms with Gasteiger partial charge in [-0.15, -0.1) is 22.7 Å². The highest BCUT2D eigenvalue weighted by Crippen LogP contribution is 2.42. The van der Waals surface area contributed by atoms with Crippen LogP contribution in [0.3, 0.4) is 0 Å². The third-order valence-electron chi connectivity index (χ3n) is 18.3. The van der Waals surface area contributed by atoms with E-state index in [0.717, 1.165) is 196 Å². The second-order valence-corrected chi connectivity index (χ2v) is 26.1. The number of thiophene rings is 2. The molecule has 0 saturated carbocycles. The number of nitrogens with one attached hydrogen (secondary N) is 4.